The van der Waals surface area contributed by atoms with Gasteiger partial charge in [-0.2, -0.15) is 0 Å². The van der Waals surface area contributed by atoms with Gasteiger partial charge in [0.25, 0.3) is 0 Å². The fourth-order valence-corrected chi connectivity index (χ4v) is 2.13. The van der Waals surface area contributed by atoms with Gasteiger partial charge in [0.05, 0.1) is 0 Å². The molecule has 1 atom stereocenters. The van der Waals surface area contributed by atoms with Crippen LogP contribution >= 0.6 is 0 Å². The molecule has 1 aliphatic carbocycles. The minimum absolute atomic E-state index is 0.685. The maximum atomic E-state index is 4.54. The number of aromatic nitrogens is 1. The molecule has 1 nitrogen and oxygen atoms in total. The molecule has 14 heavy (non-hydrogen) atoms. The van der Waals surface area contributed by atoms with Gasteiger partial charge in [-0.25, -0.2) is 0 Å². The van der Waals surface area contributed by atoms with Crippen molar-refractivity contribution in [1.29, 1.82) is 0 Å². The number of rotatable bonds is 4. The number of hydrogen-bond acceptors (Lipinski definition) is 1. The van der Waals surface area contributed by atoms with Gasteiger partial charge in [0.15, 0.2) is 0 Å². The van der Waals surface area contributed by atoms with Gasteiger partial charge in [-0.05, 0) is 36.8 Å². The van der Waals surface area contributed by atoms with E-state index in [2.05, 4.69) is 31.0 Å². The minimum Gasteiger partial charge on any atom is -0.261 e. The Morgan fingerprint density at radius 1 is 1.50 bits per heavy atom. The first-order chi connectivity index (χ1) is 6.83. The second-order valence-corrected chi connectivity index (χ2v) is 4.44. The van der Waals surface area contributed by atoms with Crippen LogP contribution in [-0.2, 0) is 0 Å². The van der Waals surface area contributed by atoms with Gasteiger partial charge in [-0.3, -0.25) is 4.98 Å². The van der Waals surface area contributed by atoms with Crippen molar-refractivity contribution in [2.24, 2.45) is 0 Å². The molecule has 0 bridgehead atoms. The molecule has 0 aliphatic heterocycles. The highest BCUT2D eigenvalue weighted by molar-refractivity contribution is 5.29. The molecule has 2 rings (SSSR count). The summed E-state index contributed by atoms with van der Waals surface area (Å²) in [5.74, 6) is 1.47. The van der Waals surface area contributed by atoms with Crippen molar-refractivity contribution in [2.45, 2.75) is 51.4 Å². The topological polar surface area (TPSA) is 12.9 Å². The summed E-state index contributed by atoms with van der Waals surface area (Å²) >= 11 is 0. The molecule has 1 fully saturated rings. The van der Waals surface area contributed by atoms with Gasteiger partial charge in [0, 0.05) is 17.8 Å². The molecule has 0 aromatic carbocycles. The third kappa shape index (κ3) is 1.97. The van der Waals surface area contributed by atoms with E-state index in [1.807, 2.05) is 6.20 Å². The third-order valence-electron chi connectivity index (χ3n) is 3.09. The van der Waals surface area contributed by atoms with Crippen LogP contribution in [0.3, 0.4) is 0 Å². The number of hydrogen-bond donors (Lipinski definition) is 0. The average molecular weight is 189 g/mol. The summed E-state index contributed by atoms with van der Waals surface area (Å²) in [6.45, 7) is 4.58. The molecule has 1 saturated carbocycles. The van der Waals surface area contributed by atoms with Gasteiger partial charge >= 0.3 is 0 Å². The highest BCUT2D eigenvalue weighted by Gasteiger charge is 2.28. The Morgan fingerprint density at radius 3 is 2.93 bits per heavy atom. The van der Waals surface area contributed by atoms with Crippen LogP contribution in [0, 0.1) is 0 Å². The normalized spacial score (nSPS) is 18.1. The van der Waals surface area contributed by atoms with Crippen LogP contribution in [0.25, 0.3) is 0 Å². The van der Waals surface area contributed by atoms with E-state index in [0.29, 0.717) is 5.92 Å². The zero-order valence-corrected chi connectivity index (χ0v) is 9.16. The second kappa shape index (κ2) is 4.12. The van der Waals surface area contributed by atoms with Gasteiger partial charge in [-0.15, -0.1) is 0 Å². The quantitative estimate of drug-likeness (QED) is 0.700. The van der Waals surface area contributed by atoms with Gasteiger partial charge in [0.2, 0.25) is 0 Å². The van der Waals surface area contributed by atoms with E-state index in [1.54, 1.807) is 0 Å². The SMILES string of the molecule is CCCC(C)c1cccnc1C1CC1. The van der Waals surface area contributed by atoms with E-state index in [4.69, 9.17) is 0 Å². The Balaban J connectivity index is 2.21. The van der Waals surface area contributed by atoms with Crippen molar-refractivity contribution in [3.05, 3.63) is 29.6 Å². The Bertz CT molecular complexity index is 302. The molecular weight excluding hydrogens is 170 g/mol. The summed E-state index contributed by atoms with van der Waals surface area (Å²) in [6, 6.07) is 4.34. The fourth-order valence-electron chi connectivity index (χ4n) is 2.13. The highest BCUT2D eigenvalue weighted by atomic mass is 14.7. The Morgan fingerprint density at radius 2 is 2.29 bits per heavy atom. The van der Waals surface area contributed by atoms with E-state index in [0.717, 1.165) is 5.92 Å². The average Bonchev–Trinajstić information content (AvgIpc) is 3.01. The lowest BCUT2D eigenvalue weighted by molar-refractivity contribution is 0.653. The zero-order chi connectivity index (χ0) is 9.97. The summed E-state index contributed by atoms with van der Waals surface area (Å²) in [5, 5.41) is 0. The lowest BCUT2D eigenvalue weighted by Gasteiger charge is -2.14. The molecule has 1 heterocycles. The molecule has 1 heteroatoms. The molecule has 0 N–H and O–H groups in total. The van der Waals surface area contributed by atoms with Crippen LogP contribution in [0.4, 0.5) is 0 Å². The lowest BCUT2D eigenvalue weighted by Crippen LogP contribution is -2.00. The van der Waals surface area contributed by atoms with Crippen molar-refractivity contribution in [3.63, 3.8) is 0 Å². The van der Waals surface area contributed by atoms with Crippen molar-refractivity contribution in [1.82, 2.24) is 4.98 Å². The summed E-state index contributed by atoms with van der Waals surface area (Å²) in [4.78, 5) is 4.54. The zero-order valence-electron chi connectivity index (χ0n) is 9.16. The molecule has 1 aromatic rings. The van der Waals surface area contributed by atoms with E-state index in [1.165, 1.54) is 36.9 Å². The van der Waals surface area contributed by atoms with Crippen molar-refractivity contribution in [3.8, 4) is 0 Å². The maximum Gasteiger partial charge on any atom is 0.0469 e. The van der Waals surface area contributed by atoms with E-state index >= 15 is 0 Å². The van der Waals surface area contributed by atoms with E-state index in [-0.39, 0.29) is 0 Å². The van der Waals surface area contributed by atoms with Crippen LogP contribution in [0.2, 0.25) is 0 Å². The van der Waals surface area contributed by atoms with Crippen LogP contribution in [0.15, 0.2) is 18.3 Å². The van der Waals surface area contributed by atoms with Crippen LogP contribution in [-0.4, -0.2) is 4.98 Å². The number of pyridine rings is 1. The van der Waals surface area contributed by atoms with Gasteiger partial charge in [-0.1, -0.05) is 26.3 Å². The second-order valence-electron chi connectivity index (χ2n) is 4.44. The van der Waals surface area contributed by atoms with Gasteiger partial charge in [0.1, 0.15) is 0 Å². The Labute approximate surface area is 86.6 Å². The monoisotopic (exact) mass is 189 g/mol. The Kier molecular flexibility index (Phi) is 2.85. The van der Waals surface area contributed by atoms with Crippen LogP contribution in [0.5, 0.6) is 0 Å². The molecular formula is C13H19N. The predicted octanol–water partition coefficient (Wildman–Crippen LogP) is 3.86. The van der Waals surface area contributed by atoms with Crippen molar-refractivity contribution in [2.75, 3.05) is 0 Å². The van der Waals surface area contributed by atoms with Crippen molar-refractivity contribution >= 4 is 0 Å². The van der Waals surface area contributed by atoms with E-state index in [9.17, 15) is 0 Å². The smallest absolute Gasteiger partial charge is 0.0469 e. The van der Waals surface area contributed by atoms with E-state index < -0.39 is 0 Å². The molecule has 0 amide bonds. The summed E-state index contributed by atoms with van der Waals surface area (Å²) in [7, 11) is 0. The van der Waals surface area contributed by atoms with Crippen LogP contribution < -0.4 is 0 Å². The standard InChI is InChI=1S/C13H19N/c1-3-5-10(2)12-6-4-9-14-13(12)11-7-8-11/h4,6,9-11H,3,5,7-8H2,1-2H3. The number of nitrogens with zero attached hydrogens (tertiary/aromatic N) is 1. The first kappa shape index (κ1) is 9.70. The summed E-state index contributed by atoms with van der Waals surface area (Å²) in [5.41, 5.74) is 2.88. The molecule has 1 aromatic heterocycles. The first-order valence-electron chi connectivity index (χ1n) is 5.77. The first-order valence-corrected chi connectivity index (χ1v) is 5.77. The molecule has 0 saturated heterocycles. The maximum absolute atomic E-state index is 4.54. The molecule has 0 spiro atoms. The van der Waals surface area contributed by atoms with Crippen LogP contribution in [0.1, 0.15) is 62.6 Å². The molecule has 1 aliphatic rings. The minimum atomic E-state index is 0.685. The largest absolute Gasteiger partial charge is 0.261 e. The molecule has 76 valence electrons. The van der Waals surface area contributed by atoms with Gasteiger partial charge < -0.3 is 0 Å². The lowest BCUT2D eigenvalue weighted by atomic mass is 9.94. The molecule has 0 radical (unpaired) electrons. The predicted molar refractivity (Wildman–Crippen MR) is 59.5 cm³/mol. The highest BCUT2D eigenvalue weighted by Crippen LogP contribution is 2.42. The fraction of sp³-hybridized carbons (Fsp3) is 0.615. The summed E-state index contributed by atoms with van der Waals surface area (Å²) < 4.78 is 0. The summed E-state index contributed by atoms with van der Waals surface area (Å²) in [6.07, 6.45) is 7.19. The molecule has 1 unspecified atom stereocenters. The third-order valence-corrected chi connectivity index (χ3v) is 3.09. The Hall–Kier alpha value is -0.850. The van der Waals surface area contributed by atoms with Crippen molar-refractivity contribution < 1.29 is 0 Å².